The first-order chi connectivity index (χ1) is 9.79. The van der Waals surface area contributed by atoms with E-state index in [9.17, 15) is 4.79 Å². The summed E-state index contributed by atoms with van der Waals surface area (Å²) in [6.07, 6.45) is 4.52. The molecular formula is C18H18O2. The minimum atomic E-state index is -0.261. The summed E-state index contributed by atoms with van der Waals surface area (Å²) in [4.78, 5) is 11.9. The first-order valence-electron chi connectivity index (χ1n) is 6.64. The van der Waals surface area contributed by atoms with E-state index in [2.05, 4.69) is 0 Å². The van der Waals surface area contributed by atoms with Crippen LogP contribution in [0.15, 0.2) is 66.7 Å². The van der Waals surface area contributed by atoms with Crippen LogP contribution in [0.1, 0.15) is 11.1 Å². The van der Waals surface area contributed by atoms with E-state index >= 15 is 0 Å². The van der Waals surface area contributed by atoms with E-state index in [0.29, 0.717) is 6.42 Å². The molecule has 2 rings (SSSR count). The Morgan fingerprint density at radius 2 is 1.65 bits per heavy atom. The maximum atomic E-state index is 11.9. The largest absolute Gasteiger partial charge is 0.469 e. The lowest BCUT2D eigenvalue weighted by atomic mass is 9.98. The van der Waals surface area contributed by atoms with Crippen LogP contribution in [0.2, 0.25) is 0 Å². The molecule has 0 aliphatic heterocycles. The Morgan fingerprint density at radius 1 is 1.05 bits per heavy atom. The predicted molar refractivity (Wildman–Crippen MR) is 81.1 cm³/mol. The molecule has 0 spiro atoms. The summed E-state index contributed by atoms with van der Waals surface area (Å²) in [7, 11) is 1.43. The molecule has 0 radical (unpaired) electrons. The quantitative estimate of drug-likeness (QED) is 0.771. The van der Waals surface area contributed by atoms with Gasteiger partial charge in [-0.3, -0.25) is 4.79 Å². The number of carbonyl (C=O) groups excluding carboxylic acids is 1. The van der Waals surface area contributed by atoms with E-state index in [-0.39, 0.29) is 11.9 Å². The van der Waals surface area contributed by atoms with Crippen LogP contribution in [0.3, 0.4) is 0 Å². The van der Waals surface area contributed by atoms with Crippen molar-refractivity contribution in [3.05, 3.63) is 77.9 Å². The fraction of sp³-hybridized carbons (Fsp3) is 0.167. The van der Waals surface area contributed by atoms with Gasteiger partial charge in [0.05, 0.1) is 13.0 Å². The van der Waals surface area contributed by atoms with Gasteiger partial charge in [-0.25, -0.2) is 0 Å². The number of esters is 1. The number of carbonyl (C=O) groups is 1. The Balaban J connectivity index is 2.12. The number of hydrogen-bond donors (Lipinski definition) is 0. The summed E-state index contributed by atoms with van der Waals surface area (Å²) in [6.45, 7) is 0. The zero-order chi connectivity index (χ0) is 14.2. The van der Waals surface area contributed by atoms with Gasteiger partial charge in [-0.1, -0.05) is 72.8 Å². The van der Waals surface area contributed by atoms with Gasteiger partial charge in [-0.05, 0) is 17.5 Å². The molecule has 0 heterocycles. The average Bonchev–Trinajstić information content (AvgIpc) is 2.52. The van der Waals surface area contributed by atoms with Crippen LogP contribution in [-0.2, 0) is 16.0 Å². The van der Waals surface area contributed by atoms with Crippen LogP contribution >= 0.6 is 0 Å². The molecule has 1 atom stereocenters. The maximum absolute atomic E-state index is 11.9. The average molecular weight is 266 g/mol. The molecule has 0 aromatic heterocycles. The molecule has 0 N–H and O–H groups in total. The van der Waals surface area contributed by atoms with Crippen molar-refractivity contribution in [2.24, 2.45) is 5.92 Å². The van der Waals surface area contributed by atoms with E-state index < -0.39 is 0 Å². The zero-order valence-electron chi connectivity index (χ0n) is 11.5. The summed E-state index contributed by atoms with van der Waals surface area (Å²) in [6, 6.07) is 19.9. The van der Waals surface area contributed by atoms with Gasteiger partial charge in [-0.2, -0.15) is 0 Å². The van der Waals surface area contributed by atoms with E-state index in [1.54, 1.807) is 0 Å². The van der Waals surface area contributed by atoms with Crippen LogP contribution in [0.4, 0.5) is 0 Å². The van der Waals surface area contributed by atoms with Crippen LogP contribution in [0.25, 0.3) is 6.08 Å². The fourth-order valence-electron chi connectivity index (χ4n) is 2.04. The van der Waals surface area contributed by atoms with Crippen LogP contribution in [0.5, 0.6) is 0 Å². The highest BCUT2D eigenvalue weighted by Crippen LogP contribution is 2.14. The standard InChI is InChI=1S/C18H18O2/c1-20-18(19)17(14-16-10-6-3-7-11-16)13-12-15-8-4-2-5-9-15/h2-13,17H,14H2,1H3/b13-12+. The fourth-order valence-corrected chi connectivity index (χ4v) is 2.04. The van der Waals surface area contributed by atoms with Gasteiger partial charge < -0.3 is 4.74 Å². The normalized spacial score (nSPS) is 12.2. The predicted octanol–water partition coefficient (Wildman–Crippen LogP) is 3.73. The highest BCUT2D eigenvalue weighted by Gasteiger charge is 2.16. The van der Waals surface area contributed by atoms with E-state index in [1.807, 2.05) is 72.8 Å². The van der Waals surface area contributed by atoms with E-state index in [0.717, 1.165) is 11.1 Å². The molecule has 0 aliphatic rings. The summed E-state index contributed by atoms with van der Waals surface area (Å²) >= 11 is 0. The molecule has 20 heavy (non-hydrogen) atoms. The monoisotopic (exact) mass is 266 g/mol. The van der Waals surface area contributed by atoms with Crippen LogP contribution < -0.4 is 0 Å². The first-order valence-corrected chi connectivity index (χ1v) is 6.64. The molecule has 0 saturated heterocycles. The molecule has 0 aliphatic carbocycles. The van der Waals surface area contributed by atoms with Gasteiger partial charge >= 0.3 is 5.97 Å². The lowest BCUT2D eigenvalue weighted by Crippen LogP contribution is -2.16. The highest BCUT2D eigenvalue weighted by molar-refractivity contribution is 5.76. The van der Waals surface area contributed by atoms with Gasteiger partial charge in [-0.15, -0.1) is 0 Å². The van der Waals surface area contributed by atoms with Gasteiger partial charge in [0.25, 0.3) is 0 Å². The second kappa shape index (κ2) is 7.29. The summed E-state index contributed by atoms with van der Waals surface area (Å²) < 4.78 is 4.88. The van der Waals surface area contributed by atoms with Crippen molar-refractivity contribution in [1.82, 2.24) is 0 Å². The second-order valence-electron chi connectivity index (χ2n) is 4.59. The molecule has 2 heteroatoms. The minimum Gasteiger partial charge on any atom is -0.469 e. The minimum absolute atomic E-state index is 0.207. The zero-order valence-corrected chi connectivity index (χ0v) is 11.5. The molecule has 0 amide bonds. The van der Waals surface area contributed by atoms with Crippen LogP contribution in [0, 0.1) is 5.92 Å². The molecule has 0 saturated carbocycles. The van der Waals surface area contributed by atoms with Gasteiger partial charge in [0.15, 0.2) is 0 Å². The molecule has 2 aromatic carbocycles. The maximum Gasteiger partial charge on any atom is 0.312 e. The molecule has 0 bridgehead atoms. The van der Waals surface area contributed by atoms with Crippen molar-refractivity contribution >= 4 is 12.0 Å². The number of ether oxygens (including phenoxy) is 1. The van der Waals surface area contributed by atoms with Gasteiger partial charge in [0.2, 0.25) is 0 Å². The van der Waals surface area contributed by atoms with Crippen molar-refractivity contribution in [3.63, 3.8) is 0 Å². The Bertz CT molecular complexity index is 558. The van der Waals surface area contributed by atoms with Crippen molar-refractivity contribution in [1.29, 1.82) is 0 Å². The van der Waals surface area contributed by atoms with Crippen molar-refractivity contribution in [3.8, 4) is 0 Å². The molecule has 0 fully saturated rings. The first kappa shape index (κ1) is 14.1. The Hall–Kier alpha value is -2.35. The van der Waals surface area contributed by atoms with Crippen molar-refractivity contribution in [2.45, 2.75) is 6.42 Å². The van der Waals surface area contributed by atoms with Crippen molar-refractivity contribution in [2.75, 3.05) is 7.11 Å². The summed E-state index contributed by atoms with van der Waals surface area (Å²) in [5.74, 6) is -0.469. The van der Waals surface area contributed by atoms with Crippen LogP contribution in [-0.4, -0.2) is 13.1 Å². The molecular weight excluding hydrogens is 248 g/mol. The molecule has 2 aromatic rings. The van der Waals surface area contributed by atoms with E-state index in [4.69, 9.17) is 4.74 Å². The van der Waals surface area contributed by atoms with E-state index in [1.165, 1.54) is 7.11 Å². The number of methoxy groups -OCH3 is 1. The SMILES string of the molecule is COC(=O)C(/C=C/c1ccccc1)Cc1ccccc1. The third-order valence-corrected chi connectivity index (χ3v) is 3.12. The third-order valence-electron chi connectivity index (χ3n) is 3.12. The molecule has 102 valence electrons. The Morgan fingerprint density at radius 3 is 2.25 bits per heavy atom. The molecule has 1 unspecified atom stereocenters. The summed E-state index contributed by atoms with van der Waals surface area (Å²) in [5.41, 5.74) is 2.20. The van der Waals surface area contributed by atoms with Crippen molar-refractivity contribution < 1.29 is 9.53 Å². The highest BCUT2D eigenvalue weighted by atomic mass is 16.5. The lowest BCUT2D eigenvalue weighted by molar-refractivity contribution is -0.143. The lowest BCUT2D eigenvalue weighted by Gasteiger charge is -2.10. The number of benzene rings is 2. The van der Waals surface area contributed by atoms with Gasteiger partial charge in [0.1, 0.15) is 0 Å². The van der Waals surface area contributed by atoms with Gasteiger partial charge in [0, 0.05) is 0 Å². The Labute approximate surface area is 119 Å². The summed E-state index contributed by atoms with van der Waals surface area (Å²) in [5, 5.41) is 0. The second-order valence-corrected chi connectivity index (χ2v) is 4.59. The third kappa shape index (κ3) is 4.09. The number of hydrogen-bond acceptors (Lipinski definition) is 2. The molecule has 2 nitrogen and oxygen atoms in total. The number of rotatable bonds is 5. The smallest absolute Gasteiger partial charge is 0.312 e. The Kier molecular flexibility index (Phi) is 5.13. The topological polar surface area (TPSA) is 26.3 Å².